The molecular weight excluding hydrogens is 382 g/mol. The SMILES string of the molecule is O=C1C=CC(c2ccccc2)C2(c3ccccc3)CN(C(=O)Cc3ccccc3)CC12. The zero-order chi connectivity index (χ0) is 21.3. The van der Waals surface area contributed by atoms with Gasteiger partial charge < -0.3 is 4.90 Å². The van der Waals surface area contributed by atoms with Crippen molar-refractivity contribution in [2.24, 2.45) is 5.92 Å². The smallest absolute Gasteiger partial charge is 0.227 e. The summed E-state index contributed by atoms with van der Waals surface area (Å²) in [6.07, 6.45) is 4.14. The van der Waals surface area contributed by atoms with E-state index in [1.165, 1.54) is 5.56 Å². The lowest BCUT2D eigenvalue weighted by molar-refractivity contribution is -0.129. The first-order valence-corrected chi connectivity index (χ1v) is 10.8. The average Bonchev–Trinajstić information content (AvgIpc) is 3.24. The van der Waals surface area contributed by atoms with E-state index in [9.17, 15) is 9.59 Å². The van der Waals surface area contributed by atoms with Gasteiger partial charge in [-0.15, -0.1) is 0 Å². The van der Waals surface area contributed by atoms with E-state index in [2.05, 4.69) is 24.3 Å². The van der Waals surface area contributed by atoms with Crippen molar-refractivity contribution < 1.29 is 9.59 Å². The summed E-state index contributed by atoms with van der Waals surface area (Å²) in [5.41, 5.74) is 2.85. The first kappa shape index (κ1) is 19.5. The molecular formula is C28H25NO2. The molecule has 2 aliphatic rings. The zero-order valence-corrected chi connectivity index (χ0v) is 17.4. The van der Waals surface area contributed by atoms with Gasteiger partial charge in [0.1, 0.15) is 0 Å². The number of ketones is 1. The Morgan fingerprint density at radius 3 is 2.16 bits per heavy atom. The lowest BCUT2D eigenvalue weighted by atomic mass is 9.58. The Bertz CT molecular complexity index is 1110. The predicted molar refractivity (Wildman–Crippen MR) is 122 cm³/mol. The minimum absolute atomic E-state index is 0.0355. The van der Waals surface area contributed by atoms with Crippen LogP contribution < -0.4 is 0 Å². The summed E-state index contributed by atoms with van der Waals surface area (Å²) in [5, 5.41) is 0. The number of hydrogen-bond donors (Lipinski definition) is 0. The molecule has 1 aliphatic carbocycles. The monoisotopic (exact) mass is 407 g/mol. The molecule has 0 spiro atoms. The molecule has 0 N–H and O–H groups in total. The van der Waals surface area contributed by atoms with Crippen LogP contribution in [0, 0.1) is 5.92 Å². The highest BCUT2D eigenvalue weighted by molar-refractivity contribution is 5.96. The number of likely N-dealkylation sites (tertiary alicyclic amines) is 1. The van der Waals surface area contributed by atoms with Gasteiger partial charge in [0, 0.05) is 24.4 Å². The van der Waals surface area contributed by atoms with Crippen molar-refractivity contribution in [1.29, 1.82) is 0 Å². The van der Waals surface area contributed by atoms with Gasteiger partial charge in [-0.2, -0.15) is 0 Å². The van der Waals surface area contributed by atoms with E-state index < -0.39 is 5.41 Å². The van der Waals surface area contributed by atoms with E-state index >= 15 is 0 Å². The number of nitrogens with zero attached hydrogens (tertiary/aromatic N) is 1. The Hall–Kier alpha value is -3.46. The van der Waals surface area contributed by atoms with Crippen LogP contribution in [-0.2, 0) is 21.4 Å². The van der Waals surface area contributed by atoms with Gasteiger partial charge in [-0.25, -0.2) is 0 Å². The third-order valence-electron chi connectivity index (χ3n) is 6.85. The molecule has 1 saturated heterocycles. The molecule has 31 heavy (non-hydrogen) atoms. The van der Waals surface area contributed by atoms with Crippen LogP contribution in [0.3, 0.4) is 0 Å². The van der Waals surface area contributed by atoms with Gasteiger partial charge in [-0.05, 0) is 22.8 Å². The highest BCUT2D eigenvalue weighted by atomic mass is 16.2. The van der Waals surface area contributed by atoms with E-state index in [1.54, 1.807) is 6.08 Å². The Balaban J connectivity index is 1.57. The van der Waals surface area contributed by atoms with Crippen molar-refractivity contribution in [3.05, 3.63) is 120 Å². The highest BCUT2D eigenvalue weighted by Crippen LogP contribution is 2.52. The van der Waals surface area contributed by atoms with Crippen LogP contribution in [-0.4, -0.2) is 29.7 Å². The molecule has 154 valence electrons. The number of rotatable bonds is 4. The number of amides is 1. The van der Waals surface area contributed by atoms with Crippen molar-refractivity contribution in [1.82, 2.24) is 4.90 Å². The fourth-order valence-electron chi connectivity index (χ4n) is 5.37. The van der Waals surface area contributed by atoms with Crippen molar-refractivity contribution in [3.8, 4) is 0 Å². The van der Waals surface area contributed by atoms with Gasteiger partial charge in [0.2, 0.25) is 5.91 Å². The molecule has 3 unspecified atom stereocenters. The molecule has 3 aromatic rings. The maximum atomic E-state index is 13.3. The van der Waals surface area contributed by atoms with E-state index in [0.717, 1.165) is 11.1 Å². The average molecular weight is 408 g/mol. The fraction of sp³-hybridized carbons (Fsp3) is 0.214. The number of hydrogen-bond acceptors (Lipinski definition) is 2. The summed E-state index contributed by atoms with van der Waals surface area (Å²) >= 11 is 0. The van der Waals surface area contributed by atoms with Crippen molar-refractivity contribution >= 4 is 11.7 Å². The van der Waals surface area contributed by atoms with Gasteiger partial charge in [-0.3, -0.25) is 9.59 Å². The third kappa shape index (κ3) is 3.40. The van der Waals surface area contributed by atoms with E-state index in [-0.39, 0.29) is 23.5 Å². The van der Waals surface area contributed by atoms with Crippen LogP contribution in [0.4, 0.5) is 0 Å². The van der Waals surface area contributed by atoms with Gasteiger partial charge >= 0.3 is 0 Å². The quantitative estimate of drug-likeness (QED) is 0.636. The molecule has 1 heterocycles. The maximum absolute atomic E-state index is 13.3. The van der Waals surface area contributed by atoms with Gasteiger partial charge in [-0.1, -0.05) is 97.1 Å². The molecule has 1 aliphatic heterocycles. The van der Waals surface area contributed by atoms with Gasteiger partial charge in [0.25, 0.3) is 0 Å². The summed E-state index contributed by atoms with van der Waals surface area (Å²) in [4.78, 5) is 28.3. The Morgan fingerprint density at radius 2 is 1.48 bits per heavy atom. The number of carbonyl (C=O) groups is 2. The maximum Gasteiger partial charge on any atom is 0.227 e. The number of fused-ring (bicyclic) bond motifs is 1. The minimum atomic E-state index is -0.458. The second-order valence-electron chi connectivity index (χ2n) is 8.55. The van der Waals surface area contributed by atoms with Crippen LogP contribution in [0.15, 0.2) is 103 Å². The van der Waals surface area contributed by atoms with Crippen LogP contribution in [0.5, 0.6) is 0 Å². The van der Waals surface area contributed by atoms with E-state index in [1.807, 2.05) is 77.7 Å². The Kier molecular flexibility index (Phi) is 5.03. The highest BCUT2D eigenvalue weighted by Gasteiger charge is 2.57. The standard InChI is InChI=1S/C28H25NO2/c30-26-17-16-24(22-12-6-2-7-13-22)28(23-14-8-3-9-15-23)20-29(19-25(26)28)27(31)18-21-10-4-1-5-11-21/h1-17,24-25H,18-20H2. The molecule has 0 saturated carbocycles. The lowest BCUT2D eigenvalue weighted by Crippen LogP contribution is -2.46. The molecule has 0 aromatic heterocycles. The molecule has 3 heteroatoms. The predicted octanol–water partition coefficient (Wildman–Crippen LogP) is 4.55. The fourth-order valence-corrected chi connectivity index (χ4v) is 5.37. The first-order valence-electron chi connectivity index (χ1n) is 10.8. The minimum Gasteiger partial charge on any atom is -0.341 e. The Morgan fingerprint density at radius 1 is 0.871 bits per heavy atom. The largest absolute Gasteiger partial charge is 0.341 e. The molecule has 5 rings (SSSR count). The lowest BCUT2D eigenvalue weighted by Gasteiger charge is -2.42. The molecule has 3 nitrogen and oxygen atoms in total. The molecule has 1 fully saturated rings. The molecule has 0 radical (unpaired) electrons. The molecule has 1 amide bonds. The molecule has 0 bridgehead atoms. The van der Waals surface area contributed by atoms with Crippen LogP contribution >= 0.6 is 0 Å². The molecule has 3 atom stereocenters. The summed E-state index contributed by atoms with van der Waals surface area (Å²) in [5.74, 6) is -0.0142. The van der Waals surface area contributed by atoms with E-state index in [4.69, 9.17) is 0 Å². The van der Waals surface area contributed by atoms with Crippen molar-refractivity contribution in [3.63, 3.8) is 0 Å². The number of benzene rings is 3. The molecule has 3 aromatic carbocycles. The first-order chi connectivity index (χ1) is 15.2. The van der Waals surface area contributed by atoms with Crippen LogP contribution in [0.25, 0.3) is 0 Å². The summed E-state index contributed by atoms with van der Waals surface area (Å²) in [7, 11) is 0. The zero-order valence-electron chi connectivity index (χ0n) is 17.4. The van der Waals surface area contributed by atoms with Crippen molar-refractivity contribution in [2.75, 3.05) is 13.1 Å². The second-order valence-corrected chi connectivity index (χ2v) is 8.55. The van der Waals surface area contributed by atoms with E-state index in [0.29, 0.717) is 19.5 Å². The van der Waals surface area contributed by atoms with Gasteiger partial charge in [0.05, 0.1) is 12.3 Å². The van der Waals surface area contributed by atoms with Crippen LogP contribution in [0.1, 0.15) is 22.6 Å². The second kappa shape index (κ2) is 7.99. The number of allylic oxidation sites excluding steroid dienone is 2. The third-order valence-corrected chi connectivity index (χ3v) is 6.85. The summed E-state index contributed by atoms with van der Waals surface area (Å²) in [6, 6.07) is 30.5. The Labute approximate surface area is 183 Å². The van der Waals surface area contributed by atoms with Crippen molar-refractivity contribution in [2.45, 2.75) is 17.8 Å². The normalized spacial score (nSPS) is 24.8. The summed E-state index contributed by atoms with van der Waals surface area (Å²) in [6.45, 7) is 1.01. The van der Waals surface area contributed by atoms with Crippen LogP contribution in [0.2, 0.25) is 0 Å². The summed E-state index contributed by atoms with van der Waals surface area (Å²) < 4.78 is 0. The van der Waals surface area contributed by atoms with Gasteiger partial charge in [0.15, 0.2) is 5.78 Å². The number of carbonyl (C=O) groups excluding carboxylic acids is 2. The topological polar surface area (TPSA) is 37.4 Å².